The van der Waals surface area contributed by atoms with Gasteiger partial charge in [-0.2, -0.15) is 0 Å². The Bertz CT molecular complexity index is 623. The lowest BCUT2D eigenvalue weighted by atomic mass is 9.93. The van der Waals surface area contributed by atoms with Crippen LogP contribution < -0.4 is 5.73 Å². The number of nitrogens with zero attached hydrogens (tertiary/aromatic N) is 2. The van der Waals surface area contributed by atoms with Gasteiger partial charge in [0, 0.05) is 23.8 Å². The summed E-state index contributed by atoms with van der Waals surface area (Å²) < 4.78 is 2.30. The minimum absolute atomic E-state index is 0.0591. The first-order chi connectivity index (χ1) is 9.75. The normalized spacial score (nSPS) is 14.0. The second-order valence-corrected chi connectivity index (χ2v) is 7.13. The molecular formula is C17H27N3O. The van der Waals surface area contributed by atoms with E-state index in [4.69, 9.17) is 10.7 Å². The Balaban J connectivity index is 2.73. The lowest BCUT2D eigenvalue weighted by Crippen LogP contribution is -2.25. The van der Waals surface area contributed by atoms with Gasteiger partial charge in [-0.15, -0.1) is 0 Å². The molecule has 2 rings (SSSR count). The van der Waals surface area contributed by atoms with Crippen LogP contribution in [0.3, 0.4) is 0 Å². The number of fused-ring (bicyclic) bond motifs is 1. The van der Waals surface area contributed by atoms with Gasteiger partial charge in [-0.1, -0.05) is 34.6 Å². The van der Waals surface area contributed by atoms with E-state index >= 15 is 0 Å². The second kappa shape index (κ2) is 5.68. The molecular weight excluding hydrogens is 262 g/mol. The van der Waals surface area contributed by atoms with E-state index in [0.717, 1.165) is 29.0 Å². The standard InChI is InChI=1S/C17H27N3O/c1-11(2)14(8-9-21)20-15-7-6-12(18)10-13(15)19-16(20)17(3,4)5/h6-7,10-11,14,21H,8-9,18H2,1-5H3. The predicted octanol–water partition coefficient (Wildman–Crippen LogP) is 3.50. The maximum absolute atomic E-state index is 9.44. The highest BCUT2D eigenvalue weighted by atomic mass is 16.3. The lowest BCUT2D eigenvalue weighted by molar-refractivity contribution is 0.229. The van der Waals surface area contributed by atoms with Crippen molar-refractivity contribution in [2.24, 2.45) is 5.92 Å². The van der Waals surface area contributed by atoms with E-state index in [1.807, 2.05) is 18.2 Å². The fourth-order valence-corrected chi connectivity index (χ4v) is 2.87. The Hall–Kier alpha value is -1.55. The molecule has 0 saturated heterocycles. The number of anilines is 1. The Kier molecular flexibility index (Phi) is 4.28. The molecule has 0 aliphatic carbocycles. The van der Waals surface area contributed by atoms with Crippen molar-refractivity contribution in [2.45, 2.75) is 52.5 Å². The van der Waals surface area contributed by atoms with Crippen LogP contribution >= 0.6 is 0 Å². The summed E-state index contributed by atoms with van der Waals surface area (Å²) in [4.78, 5) is 4.83. The average Bonchev–Trinajstić information content (AvgIpc) is 2.73. The van der Waals surface area contributed by atoms with Crippen LogP contribution in [-0.2, 0) is 5.41 Å². The quantitative estimate of drug-likeness (QED) is 0.847. The van der Waals surface area contributed by atoms with Crippen LogP contribution in [0.5, 0.6) is 0 Å². The fourth-order valence-electron chi connectivity index (χ4n) is 2.87. The molecule has 0 spiro atoms. The molecule has 1 unspecified atom stereocenters. The number of hydrogen-bond acceptors (Lipinski definition) is 3. The molecule has 0 amide bonds. The van der Waals surface area contributed by atoms with Crippen molar-refractivity contribution in [1.82, 2.24) is 9.55 Å². The van der Waals surface area contributed by atoms with E-state index in [2.05, 4.69) is 39.2 Å². The number of aliphatic hydroxyl groups is 1. The van der Waals surface area contributed by atoms with Gasteiger partial charge in [0.05, 0.1) is 11.0 Å². The summed E-state index contributed by atoms with van der Waals surface area (Å²) >= 11 is 0. The maximum Gasteiger partial charge on any atom is 0.115 e. The fraction of sp³-hybridized carbons (Fsp3) is 0.588. The van der Waals surface area contributed by atoms with E-state index in [1.54, 1.807) is 0 Å². The van der Waals surface area contributed by atoms with E-state index in [0.29, 0.717) is 5.92 Å². The van der Waals surface area contributed by atoms with Gasteiger partial charge in [0.25, 0.3) is 0 Å². The Labute approximate surface area is 127 Å². The summed E-state index contributed by atoms with van der Waals surface area (Å²) in [5.74, 6) is 1.48. The number of nitrogens with two attached hydrogens (primary N) is 1. The van der Waals surface area contributed by atoms with Crippen molar-refractivity contribution in [3.8, 4) is 0 Å². The molecule has 116 valence electrons. The summed E-state index contributed by atoms with van der Waals surface area (Å²) in [7, 11) is 0. The Morgan fingerprint density at radius 2 is 1.95 bits per heavy atom. The van der Waals surface area contributed by atoms with Crippen molar-refractivity contribution in [2.75, 3.05) is 12.3 Å². The first-order valence-electron chi connectivity index (χ1n) is 7.64. The first-order valence-corrected chi connectivity index (χ1v) is 7.64. The summed E-state index contributed by atoms with van der Waals surface area (Å²) in [5, 5.41) is 9.44. The molecule has 1 aromatic heterocycles. The zero-order chi connectivity index (χ0) is 15.8. The number of aromatic nitrogens is 2. The lowest BCUT2D eigenvalue weighted by Gasteiger charge is -2.29. The molecule has 4 nitrogen and oxygen atoms in total. The zero-order valence-corrected chi connectivity index (χ0v) is 13.7. The van der Waals surface area contributed by atoms with Gasteiger partial charge in [-0.25, -0.2) is 4.98 Å². The third kappa shape index (κ3) is 3.05. The Morgan fingerprint density at radius 1 is 1.29 bits per heavy atom. The molecule has 1 heterocycles. The second-order valence-electron chi connectivity index (χ2n) is 7.13. The van der Waals surface area contributed by atoms with E-state index in [9.17, 15) is 5.11 Å². The van der Waals surface area contributed by atoms with Crippen LogP contribution in [0.25, 0.3) is 11.0 Å². The van der Waals surface area contributed by atoms with Crippen molar-refractivity contribution in [3.05, 3.63) is 24.0 Å². The van der Waals surface area contributed by atoms with E-state index in [-0.39, 0.29) is 18.1 Å². The van der Waals surface area contributed by atoms with Gasteiger partial charge in [0.15, 0.2) is 0 Å². The smallest absolute Gasteiger partial charge is 0.115 e. The predicted molar refractivity (Wildman–Crippen MR) is 88.4 cm³/mol. The van der Waals surface area contributed by atoms with Crippen molar-refractivity contribution in [1.29, 1.82) is 0 Å². The average molecular weight is 289 g/mol. The van der Waals surface area contributed by atoms with Gasteiger partial charge in [0.1, 0.15) is 5.82 Å². The summed E-state index contributed by atoms with van der Waals surface area (Å²) in [5.41, 5.74) is 8.60. The summed E-state index contributed by atoms with van der Waals surface area (Å²) in [6, 6.07) is 6.12. The zero-order valence-electron chi connectivity index (χ0n) is 13.7. The van der Waals surface area contributed by atoms with E-state index in [1.165, 1.54) is 0 Å². The first kappa shape index (κ1) is 15.8. The minimum Gasteiger partial charge on any atom is -0.399 e. The van der Waals surface area contributed by atoms with Crippen molar-refractivity contribution >= 4 is 16.7 Å². The summed E-state index contributed by atoms with van der Waals surface area (Å²) in [6.45, 7) is 11.1. The van der Waals surface area contributed by atoms with Gasteiger partial charge in [0.2, 0.25) is 0 Å². The van der Waals surface area contributed by atoms with Crippen LogP contribution in [0.4, 0.5) is 5.69 Å². The van der Waals surface area contributed by atoms with Crippen LogP contribution in [0.2, 0.25) is 0 Å². The molecule has 1 aromatic carbocycles. The van der Waals surface area contributed by atoms with Crippen LogP contribution in [0.15, 0.2) is 18.2 Å². The van der Waals surface area contributed by atoms with Crippen LogP contribution in [-0.4, -0.2) is 21.3 Å². The Morgan fingerprint density at radius 3 is 2.48 bits per heavy atom. The number of nitrogen functional groups attached to an aromatic ring is 1. The van der Waals surface area contributed by atoms with Gasteiger partial charge in [-0.3, -0.25) is 0 Å². The van der Waals surface area contributed by atoms with Crippen molar-refractivity contribution < 1.29 is 5.11 Å². The van der Waals surface area contributed by atoms with Crippen LogP contribution in [0, 0.1) is 5.92 Å². The molecule has 0 aliphatic rings. The van der Waals surface area contributed by atoms with E-state index < -0.39 is 0 Å². The van der Waals surface area contributed by atoms with Gasteiger partial charge in [-0.05, 0) is 30.5 Å². The molecule has 2 aromatic rings. The number of imidazole rings is 1. The topological polar surface area (TPSA) is 64.1 Å². The van der Waals surface area contributed by atoms with Gasteiger partial charge >= 0.3 is 0 Å². The molecule has 3 N–H and O–H groups in total. The third-order valence-electron chi connectivity index (χ3n) is 3.91. The highest BCUT2D eigenvalue weighted by Gasteiger charge is 2.28. The number of benzene rings is 1. The molecule has 1 atom stereocenters. The monoisotopic (exact) mass is 289 g/mol. The molecule has 0 aliphatic heterocycles. The summed E-state index contributed by atoms with van der Waals surface area (Å²) in [6.07, 6.45) is 0.733. The largest absolute Gasteiger partial charge is 0.399 e. The molecule has 0 saturated carbocycles. The van der Waals surface area contributed by atoms with Crippen molar-refractivity contribution in [3.63, 3.8) is 0 Å². The minimum atomic E-state index is -0.0591. The molecule has 4 heteroatoms. The molecule has 0 radical (unpaired) electrons. The third-order valence-corrected chi connectivity index (χ3v) is 3.91. The van der Waals surface area contributed by atoms with Gasteiger partial charge < -0.3 is 15.4 Å². The highest BCUT2D eigenvalue weighted by molar-refractivity contribution is 5.80. The number of hydrogen-bond donors (Lipinski definition) is 2. The number of aliphatic hydroxyl groups excluding tert-OH is 1. The molecule has 0 fully saturated rings. The molecule has 0 bridgehead atoms. The molecule has 21 heavy (non-hydrogen) atoms. The van der Waals surface area contributed by atoms with Crippen LogP contribution in [0.1, 0.15) is 52.9 Å². The highest BCUT2D eigenvalue weighted by Crippen LogP contribution is 2.34. The number of rotatable bonds is 4. The maximum atomic E-state index is 9.44. The SMILES string of the molecule is CC(C)C(CCO)n1c(C(C)(C)C)nc2cc(N)ccc21.